The lowest BCUT2D eigenvalue weighted by Crippen LogP contribution is -2.32. The first-order valence-corrected chi connectivity index (χ1v) is 9.75. The zero-order chi connectivity index (χ0) is 22.8. The van der Waals surface area contributed by atoms with Crippen LogP contribution in [0, 0.1) is 17.0 Å². The topological polar surface area (TPSA) is 102 Å². The Bertz CT molecular complexity index is 1260. The molecule has 2 amide bonds. The van der Waals surface area contributed by atoms with Gasteiger partial charge in [-0.2, -0.15) is 0 Å². The highest BCUT2D eigenvalue weighted by atomic mass is 16.6. The molecule has 4 rings (SSSR count). The van der Waals surface area contributed by atoms with E-state index in [-0.39, 0.29) is 17.0 Å². The van der Waals surface area contributed by atoms with E-state index >= 15 is 0 Å². The average molecular weight is 429 g/mol. The summed E-state index contributed by atoms with van der Waals surface area (Å²) in [6.07, 6.45) is 0. The van der Waals surface area contributed by atoms with Crippen molar-refractivity contribution in [2.45, 2.75) is 6.92 Å². The second-order valence-electron chi connectivity index (χ2n) is 7.14. The molecule has 8 heteroatoms. The van der Waals surface area contributed by atoms with Gasteiger partial charge < -0.3 is 10.1 Å². The Kier molecular flexibility index (Phi) is 5.43. The molecule has 1 aliphatic heterocycles. The SMILES string of the molecule is COc1cccc(N2C(=O)C(Nc3ccccc3C)=C(c3ccc([N+](=O)[O-])cc3)C2=O)c1. The molecule has 1 heterocycles. The average Bonchev–Trinajstić information content (AvgIpc) is 3.04. The van der Waals surface area contributed by atoms with E-state index < -0.39 is 16.7 Å². The van der Waals surface area contributed by atoms with E-state index in [0.29, 0.717) is 22.7 Å². The lowest BCUT2D eigenvalue weighted by atomic mass is 10.0. The number of nitro benzene ring substituents is 1. The molecule has 0 atom stereocenters. The number of carbonyl (C=O) groups excluding carboxylic acids is 2. The van der Waals surface area contributed by atoms with E-state index in [1.165, 1.54) is 31.4 Å². The number of rotatable bonds is 6. The van der Waals surface area contributed by atoms with Crippen molar-refractivity contribution in [3.63, 3.8) is 0 Å². The van der Waals surface area contributed by atoms with Crippen LogP contribution in [0.15, 0.2) is 78.5 Å². The van der Waals surface area contributed by atoms with Crippen molar-refractivity contribution < 1.29 is 19.2 Å². The highest BCUT2D eigenvalue weighted by molar-refractivity contribution is 6.46. The molecule has 1 N–H and O–H groups in total. The fourth-order valence-corrected chi connectivity index (χ4v) is 3.50. The molecule has 3 aromatic carbocycles. The minimum atomic E-state index is -0.534. The fraction of sp³-hybridized carbons (Fsp3) is 0.0833. The van der Waals surface area contributed by atoms with Crippen LogP contribution in [0.3, 0.4) is 0 Å². The quantitative estimate of drug-likeness (QED) is 0.356. The Morgan fingerprint density at radius 3 is 2.31 bits per heavy atom. The van der Waals surface area contributed by atoms with Gasteiger partial charge in [0.1, 0.15) is 11.4 Å². The Labute approximate surface area is 183 Å². The van der Waals surface area contributed by atoms with E-state index in [9.17, 15) is 19.7 Å². The molecule has 0 spiro atoms. The molecule has 0 fully saturated rings. The summed E-state index contributed by atoms with van der Waals surface area (Å²) in [4.78, 5) is 38.5. The third kappa shape index (κ3) is 3.69. The van der Waals surface area contributed by atoms with Crippen LogP contribution in [0.25, 0.3) is 5.57 Å². The second kappa shape index (κ2) is 8.35. The third-order valence-electron chi connectivity index (χ3n) is 5.17. The van der Waals surface area contributed by atoms with Gasteiger partial charge in [0, 0.05) is 23.9 Å². The van der Waals surface area contributed by atoms with Crippen molar-refractivity contribution in [1.82, 2.24) is 0 Å². The summed E-state index contributed by atoms with van der Waals surface area (Å²) in [5.74, 6) is -0.562. The molecular formula is C24H19N3O5. The first kappa shape index (κ1) is 20.8. The summed E-state index contributed by atoms with van der Waals surface area (Å²) in [7, 11) is 1.50. The van der Waals surface area contributed by atoms with Crippen molar-refractivity contribution in [3.05, 3.63) is 99.7 Å². The van der Waals surface area contributed by atoms with Gasteiger partial charge in [-0.25, -0.2) is 4.90 Å². The number of benzene rings is 3. The third-order valence-corrected chi connectivity index (χ3v) is 5.17. The first-order chi connectivity index (χ1) is 15.4. The smallest absolute Gasteiger partial charge is 0.282 e. The number of aryl methyl sites for hydroxylation is 1. The van der Waals surface area contributed by atoms with Gasteiger partial charge in [-0.1, -0.05) is 24.3 Å². The van der Waals surface area contributed by atoms with Crippen LogP contribution in [0.1, 0.15) is 11.1 Å². The Morgan fingerprint density at radius 1 is 0.938 bits per heavy atom. The summed E-state index contributed by atoms with van der Waals surface area (Å²) >= 11 is 0. The number of nitrogens with zero attached hydrogens (tertiary/aromatic N) is 2. The number of carbonyl (C=O) groups is 2. The van der Waals surface area contributed by atoms with E-state index in [2.05, 4.69) is 5.32 Å². The van der Waals surface area contributed by atoms with Crippen molar-refractivity contribution in [2.75, 3.05) is 17.3 Å². The van der Waals surface area contributed by atoms with Gasteiger partial charge in [-0.15, -0.1) is 0 Å². The fourth-order valence-electron chi connectivity index (χ4n) is 3.50. The lowest BCUT2D eigenvalue weighted by Gasteiger charge is -2.16. The predicted molar refractivity (Wildman–Crippen MR) is 120 cm³/mol. The van der Waals surface area contributed by atoms with Gasteiger partial charge in [0.25, 0.3) is 17.5 Å². The van der Waals surface area contributed by atoms with Crippen molar-refractivity contribution in [2.24, 2.45) is 0 Å². The molecule has 0 saturated carbocycles. The molecule has 1 aliphatic rings. The normalized spacial score (nSPS) is 13.5. The number of hydrogen-bond acceptors (Lipinski definition) is 6. The van der Waals surface area contributed by atoms with Gasteiger partial charge in [0.05, 0.1) is 23.3 Å². The van der Waals surface area contributed by atoms with Crippen LogP contribution in [0.4, 0.5) is 17.1 Å². The largest absolute Gasteiger partial charge is 0.497 e. The lowest BCUT2D eigenvalue weighted by molar-refractivity contribution is -0.384. The maximum atomic E-state index is 13.5. The van der Waals surface area contributed by atoms with E-state index in [0.717, 1.165) is 10.5 Å². The van der Waals surface area contributed by atoms with Gasteiger partial charge in [0.15, 0.2) is 0 Å². The van der Waals surface area contributed by atoms with Crippen molar-refractivity contribution in [1.29, 1.82) is 0 Å². The number of non-ortho nitro benzene ring substituents is 1. The summed E-state index contributed by atoms with van der Waals surface area (Å²) in [5, 5.41) is 14.1. The summed E-state index contributed by atoms with van der Waals surface area (Å²) in [5.41, 5.74) is 2.45. The monoisotopic (exact) mass is 429 g/mol. The number of anilines is 2. The molecule has 0 unspecified atom stereocenters. The minimum absolute atomic E-state index is 0.0981. The number of nitrogens with one attached hydrogen (secondary N) is 1. The number of ether oxygens (including phenoxy) is 1. The number of methoxy groups -OCH3 is 1. The standard InChI is InChI=1S/C24H19N3O5/c1-15-6-3-4-9-20(15)25-22-21(16-10-12-17(13-11-16)27(30)31)23(28)26(24(22)29)18-7-5-8-19(14-18)32-2/h3-14,25H,1-2H3. The second-order valence-corrected chi connectivity index (χ2v) is 7.14. The molecule has 32 heavy (non-hydrogen) atoms. The highest BCUT2D eigenvalue weighted by Crippen LogP contribution is 2.35. The van der Waals surface area contributed by atoms with Crippen LogP contribution in [-0.4, -0.2) is 23.8 Å². The van der Waals surface area contributed by atoms with Crippen molar-refractivity contribution >= 4 is 34.4 Å². The molecule has 160 valence electrons. The van der Waals surface area contributed by atoms with Crippen LogP contribution in [0.5, 0.6) is 5.75 Å². The molecule has 0 bridgehead atoms. The summed E-state index contributed by atoms with van der Waals surface area (Å²) in [6.45, 7) is 1.88. The summed E-state index contributed by atoms with van der Waals surface area (Å²) in [6, 6.07) is 19.6. The summed E-state index contributed by atoms with van der Waals surface area (Å²) < 4.78 is 5.23. The van der Waals surface area contributed by atoms with Crippen molar-refractivity contribution in [3.8, 4) is 5.75 Å². The number of hydrogen-bond donors (Lipinski definition) is 1. The maximum Gasteiger partial charge on any atom is 0.282 e. The Balaban J connectivity index is 1.83. The molecule has 8 nitrogen and oxygen atoms in total. The van der Waals surface area contributed by atoms with Crippen LogP contribution in [0.2, 0.25) is 0 Å². The number of nitro groups is 1. The molecule has 0 radical (unpaired) electrons. The van der Waals surface area contributed by atoms with E-state index in [1.54, 1.807) is 24.3 Å². The van der Waals surface area contributed by atoms with Gasteiger partial charge in [-0.05, 0) is 48.4 Å². The highest BCUT2D eigenvalue weighted by Gasteiger charge is 2.40. The first-order valence-electron chi connectivity index (χ1n) is 9.75. The van der Waals surface area contributed by atoms with E-state index in [4.69, 9.17) is 4.74 Å². The van der Waals surface area contributed by atoms with Crippen LogP contribution >= 0.6 is 0 Å². The van der Waals surface area contributed by atoms with Gasteiger partial charge in [-0.3, -0.25) is 19.7 Å². The van der Waals surface area contributed by atoms with E-state index in [1.807, 2.05) is 31.2 Å². The molecule has 0 aromatic heterocycles. The maximum absolute atomic E-state index is 13.5. The molecule has 3 aromatic rings. The zero-order valence-corrected chi connectivity index (χ0v) is 17.4. The van der Waals surface area contributed by atoms with Gasteiger partial charge >= 0.3 is 0 Å². The molecule has 0 aliphatic carbocycles. The Morgan fingerprint density at radius 2 is 1.66 bits per heavy atom. The zero-order valence-electron chi connectivity index (χ0n) is 17.4. The molecular weight excluding hydrogens is 410 g/mol. The minimum Gasteiger partial charge on any atom is -0.497 e. The number of amides is 2. The van der Waals surface area contributed by atoms with Gasteiger partial charge in [0.2, 0.25) is 0 Å². The number of para-hydroxylation sites is 1. The van der Waals surface area contributed by atoms with Crippen LogP contribution < -0.4 is 15.0 Å². The number of imide groups is 1. The molecule has 0 saturated heterocycles. The van der Waals surface area contributed by atoms with Crippen LogP contribution in [-0.2, 0) is 9.59 Å². The predicted octanol–water partition coefficient (Wildman–Crippen LogP) is 4.31. The Hall–Kier alpha value is -4.46.